The minimum Gasteiger partial charge on any atom is -0.394 e. The number of methoxy groups -OCH3 is 1. The maximum atomic E-state index is 12.4. The van der Waals surface area contributed by atoms with Crippen LogP contribution in [-0.4, -0.2) is 48.3 Å². The molecule has 1 amide bonds. The molecule has 2 atom stereocenters. The first kappa shape index (κ1) is 15.5. The summed E-state index contributed by atoms with van der Waals surface area (Å²) in [5.74, 6) is 0.0500. The minimum atomic E-state index is -0.122. The number of nitrogens with zero attached hydrogens (tertiary/aromatic N) is 1. The van der Waals surface area contributed by atoms with E-state index in [0.29, 0.717) is 19.4 Å². The summed E-state index contributed by atoms with van der Waals surface area (Å²) in [6.07, 6.45) is 1.10. The summed E-state index contributed by atoms with van der Waals surface area (Å²) in [5, 5.41) is 9.40. The lowest BCUT2D eigenvalue weighted by Gasteiger charge is -2.23. The zero-order chi connectivity index (χ0) is 14.7. The maximum Gasteiger partial charge on any atom is 0.227 e. The molecule has 1 N–H and O–H groups in total. The lowest BCUT2D eigenvalue weighted by Crippen LogP contribution is -2.39. The highest BCUT2D eigenvalue weighted by atomic mass is 79.9. The van der Waals surface area contributed by atoms with Crippen LogP contribution < -0.4 is 0 Å². The van der Waals surface area contributed by atoms with Gasteiger partial charge in [0.25, 0.3) is 0 Å². The first-order chi connectivity index (χ1) is 9.55. The molecule has 1 heterocycles. The zero-order valence-corrected chi connectivity index (χ0v) is 13.4. The normalized spacial score (nSPS) is 22.3. The van der Waals surface area contributed by atoms with Crippen LogP contribution >= 0.6 is 15.9 Å². The number of carbonyl (C=O) groups is 1. The Bertz CT molecular complexity index is 492. The van der Waals surface area contributed by atoms with Gasteiger partial charge in [-0.2, -0.15) is 0 Å². The molecule has 1 aromatic rings. The number of ether oxygens (including phenoxy) is 1. The number of amides is 1. The Morgan fingerprint density at radius 2 is 2.30 bits per heavy atom. The van der Waals surface area contributed by atoms with Crippen molar-refractivity contribution >= 4 is 21.8 Å². The van der Waals surface area contributed by atoms with E-state index in [1.165, 1.54) is 0 Å². The predicted molar refractivity (Wildman–Crippen MR) is 80.6 cm³/mol. The standard InChI is InChI=1S/C15H20BrNO3/c1-10-5-12(16)4-3-11(10)6-15(19)17-8-14(20-2)7-13(17)9-18/h3-5,13-14,18H,6-9H2,1-2H3/t13-,14+/m0/s1. The summed E-state index contributed by atoms with van der Waals surface area (Å²) in [7, 11) is 1.64. The summed E-state index contributed by atoms with van der Waals surface area (Å²) in [4.78, 5) is 14.2. The Kier molecular flexibility index (Phi) is 5.18. The van der Waals surface area contributed by atoms with E-state index < -0.39 is 0 Å². The van der Waals surface area contributed by atoms with E-state index in [9.17, 15) is 9.90 Å². The number of aliphatic hydroxyl groups is 1. The number of halogens is 1. The quantitative estimate of drug-likeness (QED) is 0.909. The summed E-state index contributed by atoms with van der Waals surface area (Å²) < 4.78 is 6.32. The third-order valence-electron chi connectivity index (χ3n) is 3.89. The van der Waals surface area contributed by atoms with Crippen LogP contribution in [0.25, 0.3) is 0 Å². The van der Waals surface area contributed by atoms with E-state index in [4.69, 9.17) is 4.74 Å². The second-order valence-corrected chi connectivity index (χ2v) is 6.14. The van der Waals surface area contributed by atoms with Gasteiger partial charge in [0.2, 0.25) is 5.91 Å². The van der Waals surface area contributed by atoms with Crippen LogP contribution in [0.1, 0.15) is 17.5 Å². The maximum absolute atomic E-state index is 12.4. The molecule has 1 fully saturated rings. The van der Waals surface area contributed by atoms with Gasteiger partial charge in [0.05, 0.1) is 25.2 Å². The number of aryl methyl sites for hydroxylation is 1. The topological polar surface area (TPSA) is 49.8 Å². The van der Waals surface area contributed by atoms with Crippen LogP contribution in [-0.2, 0) is 16.0 Å². The monoisotopic (exact) mass is 341 g/mol. The number of hydrogen-bond donors (Lipinski definition) is 1. The second kappa shape index (κ2) is 6.70. The fourth-order valence-corrected chi connectivity index (χ4v) is 3.12. The van der Waals surface area contributed by atoms with E-state index in [1.54, 1.807) is 12.0 Å². The van der Waals surface area contributed by atoms with Crippen molar-refractivity contribution in [1.29, 1.82) is 0 Å². The largest absolute Gasteiger partial charge is 0.394 e. The molecule has 0 radical (unpaired) electrons. The highest BCUT2D eigenvalue weighted by Crippen LogP contribution is 2.22. The van der Waals surface area contributed by atoms with Gasteiger partial charge in [-0.15, -0.1) is 0 Å². The van der Waals surface area contributed by atoms with Gasteiger partial charge in [0.1, 0.15) is 0 Å². The summed E-state index contributed by atoms with van der Waals surface area (Å²) in [6, 6.07) is 5.80. The van der Waals surface area contributed by atoms with E-state index >= 15 is 0 Å². The molecule has 1 aliphatic rings. The van der Waals surface area contributed by atoms with Crippen LogP contribution in [0, 0.1) is 6.92 Å². The molecule has 2 rings (SSSR count). The van der Waals surface area contributed by atoms with Crippen molar-refractivity contribution in [2.45, 2.75) is 31.9 Å². The average molecular weight is 342 g/mol. The molecular weight excluding hydrogens is 322 g/mol. The Balaban J connectivity index is 2.07. The van der Waals surface area contributed by atoms with Crippen LogP contribution in [0.5, 0.6) is 0 Å². The van der Waals surface area contributed by atoms with Crippen LogP contribution in [0.3, 0.4) is 0 Å². The molecule has 20 heavy (non-hydrogen) atoms. The number of benzene rings is 1. The van der Waals surface area contributed by atoms with Crippen molar-refractivity contribution in [3.8, 4) is 0 Å². The fourth-order valence-electron chi connectivity index (χ4n) is 2.65. The number of hydrogen-bond acceptors (Lipinski definition) is 3. The summed E-state index contributed by atoms with van der Waals surface area (Å²) in [5.41, 5.74) is 2.12. The Morgan fingerprint density at radius 3 is 2.90 bits per heavy atom. The zero-order valence-electron chi connectivity index (χ0n) is 11.8. The lowest BCUT2D eigenvalue weighted by molar-refractivity contribution is -0.132. The molecule has 0 aliphatic carbocycles. The van der Waals surface area contributed by atoms with Crippen molar-refractivity contribution in [2.24, 2.45) is 0 Å². The minimum absolute atomic E-state index is 0.00901. The molecule has 0 saturated carbocycles. The predicted octanol–water partition coefficient (Wildman–Crippen LogP) is 1.91. The van der Waals surface area contributed by atoms with Gasteiger partial charge < -0.3 is 14.7 Å². The van der Waals surface area contributed by atoms with Crippen molar-refractivity contribution in [1.82, 2.24) is 4.90 Å². The number of rotatable bonds is 4. The molecule has 5 heteroatoms. The second-order valence-electron chi connectivity index (χ2n) is 5.22. The van der Waals surface area contributed by atoms with Crippen molar-refractivity contribution in [3.63, 3.8) is 0 Å². The Hall–Kier alpha value is -0.910. The van der Waals surface area contributed by atoms with E-state index in [1.807, 2.05) is 25.1 Å². The molecule has 0 aromatic heterocycles. The summed E-state index contributed by atoms with van der Waals surface area (Å²) in [6.45, 7) is 2.56. The van der Waals surface area contributed by atoms with Crippen LogP contribution in [0.15, 0.2) is 22.7 Å². The first-order valence-electron chi connectivity index (χ1n) is 6.73. The van der Waals surface area contributed by atoms with Gasteiger partial charge in [0, 0.05) is 18.1 Å². The number of likely N-dealkylation sites (tertiary alicyclic amines) is 1. The fraction of sp³-hybridized carbons (Fsp3) is 0.533. The van der Waals surface area contributed by atoms with Gasteiger partial charge >= 0.3 is 0 Å². The molecule has 1 aliphatic heterocycles. The van der Waals surface area contributed by atoms with Crippen LogP contribution in [0.2, 0.25) is 0 Å². The smallest absolute Gasteiger partial charge is 0.227 e. The van der Waals surface area contributed by atoms with E-state index in [0.717, 1.165) is 15.6 Å². The lowest BCUT2D eigenvalue weighted by atomic mass is 10.1. The molecule has 0 spiro atoms. The number of aliphatic hydroxyl groups excluding tert-OH is 1. The third-order valence-corrected chi connectivity index (χ3v) is 4.38. The molecular formula is C15H20BrNO3. The van der Waals surface area contributed by atoms with Crippen molar-refractivity contribution < 1.29 is 14.6 Å². The SMILES string of the molecule is CO[C@@H]1C[C@@H](CO)N(C(=O)Cc2ccc(Br)cc2C)C1. The van der Waals surface area contributed by atoms with Crippen molar-refractivity contribution in [2.75, 3.05) is 20.3 Å². The highest BCUT2D eigenvalue weighted by Gasteiger charge is 2.34. The van der Waals surface area contributed by atoms with Crippen LogP contribution in [0.4, 0.5) is 0 Å². The Labute approximate surface area is 127 Å². The summed E-state index contributed by atoms with van der Waals surface area (Å²) >= 11 is 3.42. The molecule has 110 valence electrons. The van der Waals surface area contributed by atoms with Gasteiger partial charge in [-0.25, -0.2) is 0 Å². The van der Waals surface area contributed by atoms with E-state index in [-0.39, 0.29) is 24.7 Å². The molecule has 4 nitrogen and oxygen atoms in total. The van der Waals surface area contributed by atoms with Gasteiger partial charge in [-0.1, -0.05) is 22.0 Å². The Morgan fingerprint density at radius 1 is 1.55 bits per heavy atom. The molecule has 1 saturated heterocycles. The molecule has 0 unspecified atom stereocenters. The molecule has 0 bridgehead atoms. The van der Waals surface area contributed by atoms with Gasteiger partial charge in [-0.3, -0.25) is 4.79 Å². The molecule has 1 aromatic carbocycles. The average Bonchev–Trinajstić information content (AvgIpc) is 2.85. The van der Waals surface area contributed by atoms with Gasteiger partial charge in [0.15, 0.2) is 0 Å². The van der Waals surface area contributed by atoms with Gasteiger partial charge in [-0.05, 0) is 36.6 Å². The first-order valence-corrected chi connectivity index (χ1v) is 7.52. The third kappa shape index (κ3) is 3.40. The van der Waals surface area contributed by atoms with Crippen molar-refractivity contribution in [3.05, 3.63) is 33.8 Å². The number of carbonyl (C=O) groups excluding carboxylic acids is 1. The van der Waals surface area contributed by atoms with E-state index in [2.05, 4.69) is 15.9 Å². The highest BCUT2D eigenvalue weighted by molar-refractivity contribution is 9.10.